The van der Waals surface area contributed by atoms with E-state index in [9.17, 15) is 0 Å². The molecule has 0 aliphatic heterocycles. The highest BCUT2D eigenvalue weighted by atomic mass is 32.1. The van der Waals surface area contributed by atoms with Gasteiger partial charge in [-0.25, -0.2) is 4.98 Å². The first-order chi connectivity index (χ1) is 8.76. The van der Waals surface area contributed by atoms with Gasteiger partial charge < -0.3 is 5.73 Å². The quantitative estimate of drug-likeness (QED) is 0.756. The summed E-state index contributed by atoms with van der Waals surface area (Å²) in [6.07, 6.45) is 0. The third kappa shape index (κ3) is 2.03. The van der Waals surface area contributed by atoms with Crippen LogP contribution in [0.4, 0.5) is 0 Å². The van der Waals surface area contributed by atoms with E-state index < -0.39 is 0 Å². The van der Waals surface area contributed by atoms with Gasteiger partial charge in [-0.15, -0.1) is 11.3 Å². The van der Waals surface area contributed by atoms with Crippen LogP contribution in [0.15, 0.2) is 41.8 Å². The molecule has 90 valence electrons. The predicted molar refractivity (Wildman–Crippen MR) is 77.7 cm³/mol. The van der Waals surface area contributed by atoms with Crippen LogP contribution in [0.2, 0.25) is 0 Å². The number of benzene rings is 2. The summed E-state index contributed by atoms with van der Waals surface area (Å²) in [6.45, 7) is 2.62. The molecular weight excluding hydrogens is 240 g/mol. The van der Waals surface area contributed by atoms with Crippen LogP contribution < -0.4 is 5.73 Å². The minimum atomic E-state index is 0.511. The Morgan fingerprint density at radius 1 is 1.11 bits per heavy atom. The maximum absolute atomic E-state index is 5.60. The fourth-order valence-corrected chi connectivity index (χ4v) is 2.75. The number of fused-ring (bicyclic) bond motifs is 1. The Hall–Kier alpha value is -1.71. The Balaban J connectivity index is 2.10. The SMILES string of the molecule is Cc1ccc2cc(-c3csc(CN)n3)ccc2c1. The van der Waals surface area contributed by atoms with Crippen molar-refractivity contribution in [2.45, 2.75) is 13.5 Å². The molecule has 0 unspecified atom stereocenters. The number of hydrogen-bond acceptors (Lipinski definition) is 3. The number of aryl methyl sites for hydroxylation is 1. The van der Waals surface area contributed by atoms with E-state index in [-0.39, 0.29) is 0 Å². The third-order valence-corrected chi connectivity index (χ3v) is 3.89. The topological polar surface area (TPSA) is 38.9 Å². The van der Waals surface area contributed by atoms with Crippen LogP contribution in [-0.4, -0.2) is 4.98 Å². The van der Waals surface area contributed by atoms with Gasteiger partial charge in [0.2, 0.25) is 0 Å². The van der Waals surface area contributed by atoms with Crippen molar-refractivity contribution in [3.8, 4) is 11.3 Å². The summed E-state index contributed by atoms with van der Waals surface area (Å²) in [5.41, 5.74) is 9.05. The molecule has 3 heteroatoms. The molecule has 0 bridgehead atoms. The van der Waals surface area contributed by atoms with Crippen molar-refractivity contribution in [2.75, 3.05) is 0 Å². The zero-order chi connectivity index (χ0) is 12.5. The standard InChI is InChI=1S/C15H14N2S/c1-10-2-3-12-7-13(5-4-11(12)6-10)14-9-18-15(8-16)17-14/h2-7,9H,8,16H2,1H3. The molecule has 2 nitrogen and oxygen atoms in total. The fourth-order valence-electron chi connectivity index (χ4n) is 2.06. The Labute approximate surface area is 110 Å². The van der Waals surface area contributed by atoms with Gasteiger partial charge in [0.1, 0.15) is 5.01 Å². The van der Waals surface area contributed by atoms with E-state index in [1.54, 1.807) is 11.3 Å². The van der Waals surface area contributed by atoms with Crippen LogP contribution in [0.1, 0.15) is 10.6 Å². The van der Waals surface area contributed by atoms with Gasteiger partial charge in [-0.2, -0.15) is 0 Å². The van der Waals surface area contributed by atoms with E-state index in [0.29, 0.717) is 6.54 Å². The number of hydrogen-bond donors (Lipinski definition) is 1. The normalized spacial score (nSPS) is 11.0. The van der Waals surface area contributed by atoms with Crippen LogP contribution >= 0.6 is 11.3 Å². The summed E-state index contributed by atoms with van der Waals surface area (Å²) in [4.78, 5) is 4.52. The van der Waals surface area contributed by atoms with E-state index in [2.05, 4.69) is 53.7 Å². The average molecular weight is 254 g/mol. The van der Waals surface area contributed by atoms with E-state index in [4.69, 9.17) is 5.73 Å². The smallest absolute Gasteiger partial charge is 0.107 e. The van der Waals surface area contributed by atoms with Gasteiger partial charge in [0.05, 0.1) is 5.69 Å². The third-order valence-electron chi connectivity index (χ3n) is 3.02. The zero-order valence-electron chi connectivity index (χ0n) is 10.2. The monoisotopic (exact) mass is 254 g/mol. The summed E-state index contributed by atoms with van der Waals surface area (Å²) in [6, 6.07) is 13.0. The van der Waals surface area contributed by atoms with Crippen molar-refractivity contribution in [1.82, 2.24) is 4.98 Å². The molecule has 2 aromatic carbocycles. The first-order valence-electron chi connectivity index (χ1n) is 5.91. The number of nitrogens with zero attached hydrogens (tertiary/aromatic N) is 1. The van der Waals surface area contributed by atoms with E-state index >= 15 is 0 Å². The highest BCUT2D eigenvalue weighted by Crippen LogP contribution is 2.26. The lowest BCUT2D eigenvalue weighted by molar-refractivity contribution is 1.04. The maximum atomic E-state index is 5.60. The van der Waals surface area contributed by atoms with Gasteiger partial charge in [-0.1, -0.05) is 35.9 Å². The average Bonchev–Trinajstić information content (AvgIpc) is 2.87. The molecule has 0 spiro atoms. The van der Waals surface area contributed by atoms with E-state index in [0.717, 1.165) is 16.3 Å². The minimum absolute atomic E-state index is 0.511. The highest BCUT2D eigenvalue weighted by molar-refractivity contribution is 7.09. The number of thiazole rings is 1. The molecule has 0 fully saturated rings. The molecule has 18 heavy (non-hydrogen) atoms. The van der Waals surface area contributed by atoms with Gasteiger partial charge in [0, 0.05) is 17.5 Å². The van der Waals surface area contributed by atoms with Crippen LogP contribution in [0.5, 0.6) is 0 Å². The van der Waals surface area contributed by atoms with Gasteiger partial charge in [-0.05, 0) is 23.8 Å². The van der Waals surface area contributed by atoms with Crippen molar-refractivity contribution in [1.29, 1.82) is 0 Å². The fraction of sp³-hybridized carbons (Fsp3) is 0.133. The minimum Gasteiger partial charge on any atom is -0.325 e. The van der Waals surface area contributed by atoms with Crippen molar-refractivity contribution in [2.24, 2.45) is 5.73 Å². The Morgan fingerprint density at radius 3 is 2.67 bits per heavy atom. The van der Waals surface area contributed by atoms with Crippen LogP contribution in [0.25, 0.3) is 22.0 Å². The second-order valence-electron chi connectivity index (χ2n) is 4.40. The molecule has 2 N–H and O–H groups in total. The van der Waals surface area contributed by atoms with Gasteiger partial charge in [0.15, 0.2) is 0 Å². The van der Waals surface area contributed by atoms with Crippen LogP contribution in [0.3, 0.4) is 0 Å². The lowest BCUT2D eigenvalue weighted by Gasteiger charge is -2.02. The molecule has 0 radical (unpaired) electrons. The largest absolute Gasteiger partial charge is 0.325 e. The molecule has 0 amide bonds. The summed E-state index contributed by atoms with van der Waals surface area (Å²) in [5.74, 6) is 0. The van der Waals surface area contributed by atoms with Crippen LogP contribution in [0, 0.1) is 6.92 Å². The highest BCUT2D eigenvalue weighted by Gasteiger charge is 2.04. The first-order valence-corrected chi connectivity index (χ1v) is 6.79. The van der Waals surface area contributed by atoms with Gasteiger partial charge in [-0.3, -0.25) is 0 Å². The van der Waals surface area contributed by atoms with E-state index in [1.165, 1.54) is 16.3 Å². The van der Waals surface area contributed by atoms with Gasteiger partial charge in [0.25, 0.3) is 0 Å². The molecule has 0 aliphatic carbocycles. The molecular formula is C15H14N2S. The zero-order valence-corrected chi connectivity index (χ0v) is 11.0. The molecule has 0 atom stereocenters. The summed E-state index contributed by atoms with van der Waals surface area (Å²) >= 11 is 1.62. The van der Waals surface area contributed by atoms with E-state index in [1.807, 2.05) is 0 Å². The molecule has 3 rings (SSSR count). The second kappa shape index (κ2) is 4.52. The summed E-state index contributed by atoms with van der Waals surface area (Å²) in [5, 5.41) is 5.57. The van der Waals surface area contributed by atoms with Crippen molar-refractivity contribution < 1.29 is 0 Å². The maximum Gasteiger partial charge on any atom is 0.107 e. The predicted octanol–water partition coefficient (Wildman–Crippen LogP) is 3.73. The Morgan fingerprint density at radius 2 is 1.89 bits per heavy atom. The van der Waals surface area contributed by atoms with Gasteiger partial charge >= 0.3 is 0 Å². The molecule has 0 aliphatic rings. The van der Waals surface area contributed by atoms with Crippen LogP contribution in [-0.2, 0) is 6.54 Å². The Bertz CT molecular complexity index is 701. The molecule has 0 saturated heterocycles. The number of rotatable bonds is 2. The summed E-state index contributed by atoms with van der Waals surface area (Å²) < 4.78 is 0. The second-order valence-corrected chi connectivity index (χ2v) is 5.34. The molecule has 0 saturated carbocycles. The lowest BCUT2D eigenvalue weighted by Crippen LogP contribution is -1.94. The molecule has 1 aromatic heterocycles. The number of aromatic nitrogens is 1. The first kappa shape index (κ1) is 11.4. The lowest BCUT2D eigenvalue weighted by atomic mass is 10.0. The van der Waals surface area contributed by atoms with Crippen molar-refractivity contribution in [3.05, 3.63) is 52.3 Å². The number of nitrogens with two attached hydrogens (primary N) is 1. The Kier molecular flexibility index (Phi) is 2.86. The molecule has 3 aromatic rings. The van der Waals surface area contributed by atoms with Crippen molar-refractivity contribution >= 4 is 22.1 Å². The molecule has 1 heterocycles. The van der Waals surface area contributed by atoms with Crippen molar-refractivity contribution in [3.63, 3.8) is 0 Å². The summed E-state index contributed by atoms with van der Waals surface area (Å²) in [7, 11) is 0.